The zero-order valence-electron chi connectivity index (χ0n) is 15.4. The van der Waals surface area contributed by atoms with Crippen LogP contribution in [0.4, 0.5) is 0 Å². The molecule has 148 valence electrons. The summed E-state index contributed by atoms with van der Waals surface area (Å²) in [5.74, 6) is -0.305. The van der Waals surface area contributed by atoms with Crippen LogP contribution in [0.3, 0.4) is 0 Å². The first-order chi connectivity index (χ1) is 12.2. The van der Waals surface area contributed by atoms with E-state index >= 15 is 0 Å². The summed E-state index contributed by atoms with van der Waals surface area (Å²) < 4.78 is 10.5. The number of aliphatic hydroxyl groups is 3. The van der Waals surface area contributed by atoms with E-state index < -0.39 is 6.10 Å². The Morgan fingerprint density at radius 2 is 1.44 bits per heavy atom. The van der Waals surface area contributed by atoms with Crippen molar-refractivity contribution in [2.24, 2.45) is 0 Å². The molecule has 0 spiro atoms. The standard InChI is InChI=1S/C19H36O6/c20-13-9-5-4-7-11-18-17(25-18)10-6-2-1-3-8-12-19(23)24-15-16(22)14-21/h16-18,20-22H,1-15H2/t16-,17?,18?/m1/s1. The zero-order chi connectivity index (χ0) is 18.3. The number of aliphatic hydroxyl groups excluding tert-OH is 3. The van der Waals surface area contributed by atoms with Crippen molar-refractivity contribution >= 4 is 5.97 Å². The van der Waals surface area contributed by atoms with Crippen LogP contribution in [0.5, 0.6) is 0 Å². The highest BCUT2D eigenvalue weighted by atomic mass is 16.6. The van der Waals surface area contributed by atoms with E-state index in [0.717, 1.165) is 44.9 Å². The second-order valence-corrected chi connectivity index (χ2v) is 6.97. The van der Waals surface area contributed by atoms with Crippen molar-refractivity contribution in [3.8, 4) is 0 Å². The number of esters is 1. The first-order valence-electron chi connectivity index (χ1n) is 9.88. The lowest BCUT2D eigenvalue weighted by atomic mass is 10.0. The minimum Gasteiger partial charge on any atom is -0.463 e. The summed E-state index contributed by atoms with van der Waals surface area (Å²) in [7, 11) is 0. The maximum atomic E-state index is 11.4. The Morgan fingerprint density at radius 3 is 2.04 bits per heavy atom. The fraction of sp³-hybridized carbons (Fsp3) is 0.947. The molecule has 1 fully saturated rings. The van der Waals surface area contributed by atoms with Crippen molar-refractivity contribution in [1.82, 2.24) is 0 Å². The van der Waals surface area contributed by atoms with Gasteiger partial charge in [-0.1, -0.05) is 44.9 Å². The number of unbranched alkanes of at least 4 members (excludes halogenated alkanes) is 7. The Hall–Kier alpha value is -0.690. The third kappa shape index (κ3) is 12.3. The van der Waals surface area contributed by atoms with Crippen LogP contribution in [0.15, 0.2) is 0 Å². The van der Waals surface area contributed by atoms with Crippen molar-refractivity contribution in [1.29, 1.82) is 0 Å². The Morgan fingerprint density at radius 1 is 0.880 bits per heavy atom. The number of epoxide rings is 1. The minimum absolute atomic E-state index is 0.126. The summed E-state index contributed by atoms with van der Waals surface area (Å²) in [5.41, 5.74) is 0. The number of carbonyl (C=O) groups is 1. The van der Waals surface area contributed by atoms with Gasteiger partial charge in [0, 0.05) is 13.0 Å². The van der Waals surface area contributed by atoms with Gasteiger partial charge in [-0.15, -0.1) is 0 Å². The lowest BCUT2D eigenvalue weighted by Crippen LogP contribution is -2.21. The van der Waals surface area contributed by atoms with Crippen molar-refractivity contribution in [3.63, 3.8) is 0 Å². The van der Waals surface area contributed by atoms with E-state index in [-0.39, 0.29) is 19.2 Å². The second kappa shape index (κ2) is 14.5. The SMILES string of the molecule is O=C(CCCCCCCC1OC1CCCCCCO)OC[C@H](O)CO. The molecule has 0 aromatic rings. The van der Waals surface area contributed by atoms with Gasteiger partial charge in [0.15, 0.2) is 0 Å². The fourth-order valence-electron chi connectivity index (χ4n) is 2.96. The Kier molecular flexibility index (Phi) is 12.9. The van der Waals surface area contributed by atoms with Gasteiger partial charge in [-0.3, -0.25) is 4.79 Å². The molecule has 1 saturated heterocycles. The van der Waals surface area contributed by atoms with Crippen molar-refractivity contribution < 1.29 is 29.6 Å². The number of ether oxygens (including phenoxy) is 2. The largest absolute Gasteiger partial charge is 0.463 e. The van der Waals surface area contributed by atoms with E-state index in [1.165, 1.54) is 25.7 Å². The molecule has 0 bridgehead atoms. The number of hydrogen-bond donors (Lipinski definition) is 3. The summed E-state index contributed by atoms with van der Waals surface area (Å²) >= 11 is 0. The lowest BCUT2D eigenvalue weighted by molar-refractivity contribution is -0.147. The van der Waals surface area contributed by atoms with E-state index in [4.69, 9.17) is 24.8 Å². The number of rotatable bonds is 17. The van der Waals surface area contributed by atoms with Gasteiger partial charge < -0.3 is 24.8 Å². The topological polar surface area (TPSA) is 99.5 Å². The van der Waals surface area contributed by atoms with Crippen LogP contribution in [0.25, 0.3) is 0 Å². The molecular formula is C19H36O6. The van der Waals surface area contributed by atoms with Crippen LogP contribution in [0.2, 0.25) is 0 Å². The molecule has 0 aromatic carbocycles. The van der Waals surface area contributed by atoms with Crippen molar-refractivity contribution in [2.75, 3.05) is 19.8 Å². The molecule has 1 aliphatic heterocycles. The van der Waals surface area contributed by atoms with E-state index in [1.807, 2.05) is 0 Å². The van der Waals surface area contributed by atoms with Gasteiger partial charge in [0.2, 0.25) is 0 Å². The Balaban J connectivity index is 1.80. The van der Waals surface area contributed by atoms with E-state index in [9.17, 15) is 4.79 Å². The average molecular weight is 360 g/mol. The van der Waals surface area contributed by atoms with Crippen molar-refractivity contribution in [3.05, 3.63) is 0 Å². The molecule has 0 amide bonds. The highest BCUT2D eigenvalue weighted by Crippen LogP contribution is 2.31. The molecule has 1 heterocycles. The average Bonchev–Trinajstić information content (AvgIpc) is 3.36. The molecular weight excluding hydrogens is 324 g/mol. The maximum Gasteiger partial charge on any atom is 0.305 e. The van der Waals surface area contributed by atoms with E-state index in [1.54, 1.807) is 0 Å². The van der Waals surface area contributed by atoms with Gasteiger partial charge in [0.1, 0.15) is 12.7 Å². The van der Waals surface area contributed by atoms with Crippen LogP contribution in [-0.2, 0) is 14.3 Å². The molecule has 3 atom stereocenters. The van der Waals surface area contributed by atoms with Crippen LogP contribution in [0.1, 0.15) is 77.0 Å². The summed E-state index contributed by atoms with van der Waals surface area (Å²) in [6, 6.07) is 0. The molecule has 0 radical (unpaired) electrons. The molecule has 25 heavy (non-hydrogen) atoms. The summed E-state index contributed by atoms with van der Waals surface area (Å²) in [6.45, 7) is -0.210. The highest BCUT2D eigenvalue weighted by molar-refractivity contribution is 5.69. The summed E-state index contributed by atoms with van der Waals surface area (Å²) in [5, 5.41) is 26.4. The van der Waals surface area contributed by atoms with Crippen LogP contribution in [-0.4, -0.2) is 59.4 Å². The second-order valence-electron chi connectivity index (χ2n) is 6.97. The summed E-state index contributed by atoms with van der Waals surface area (Å²) in [6.07, 6.45) is 12.3. The van der Waals surface area contributed by atoms with Gasteiger partial charge in [0.05, 0.1) is 18.8 Å². The van der Waals surface area contributed by atoms with Gasteiger partial charge in [-0.05, 0) is 25.7 Å². The fourth-order valence-corrected chi connectivity index (χ4v) is 2.96. The first-order valence-corrected chi connectivity index (χ1v) is 9.88. The number of carbonyl (C=O) groups excluding carboxylic acids is 1. The Labute approximate surface area is 151 Å². The Bertz CT molecular complexity index is 336. The molecule has 0 aliphatic carbocycles. The number of hydrogen-bond acceptors (Lipinski definition) is 6. The molecule has 1 aliphatic rings. The van der Waals surface area contributed by atoms with Crippen LogP contribution < -0.4 is 0 Å². The molecule has 3 N–H and O–H groups in total. The summed E-state index contributed by atoms with van der Waals surface area (Å²) in [4.78, 5) is 11.4. The minimum atomic E-state index is -0.974. The van der Waals surface area contributed by atoms with Gasteiger partial charge in [-0.2, -0.15) is 0 Å². The van der Waals surface area contributed by atoms with Crippen LogP contribution in [0, 0.1) is 0 Å². The van der Waals surface area contributed by atoms with E-state index in [2.05, 4.69) is 0 Å². The van der Waals surface area contributed by atoms with Gasteiger partial charge in [0.25, 0.3) is 0 Å². The smallest absolute Gasteiger partial charge is 0.305 e. The predicted octanol–water partition coefficient (Wildman–Crippen LogP) is 2.32. The first kappa shape index (κ1) is 22.4. The molecule has 2 unspecified atom stereocenters. The van der Waals surface area contributed by atoms with Gasteiger partial charge in [-0.25, -0.2) is 0 Å². The highest BCUT2D eigenvalue weighted by Gasteiger charge is 2.36. The maximum absolute atomic E-state index is 11.4. The van der Waals surface area contributed by atoms with Crippen LogP contribution >= 0.6 is 0 Å². The molecule has 6 heteroatoms. The normalized spacial score (nSPS) is 20.4. The quantitative estimate of drug-likeness (QED) is 0.209. The lowest BCUT2D eigenvalue weighted by Gasteiger charge is -2.08. The molecule has 0 saturated carbocycles. The molecule has 6 nitrogen and oxygen atoms in total. The van der Waals surface area contributed by atoms with E-state index in [0.29, 0.717) is 25.2 Å². The molecule has 1 rings (SSSR count). The molecule has 0 aromatic heterocycles. The zero-order valence-corrected chi connectivity index (χ0v) is 15.4. The third-order valence-electron chi connectivity index (χ3n) is 4.60. The third-order valence-corrected chi connectivity index (χ3v) is 4.60. The van der Waals surface area contributed by atoms with Gasteiger partial charge >= 0.3 is 5.97 Å². The monoisotopic (exact) mass is 360 g/mol. The van der Waals surface area contributed by atoms with Crippen molar-refractivity contribution in [2.45, 2.75) is 95.4 Å². The predicted molar refractivity (Wildman–Crippen MR) is 95.2 cm³/mol.